The molecule has 1 heterocycles. The number of benzene rings is 1. The molecular formula is C17H22F3N3O3. The van der Waals surface area contributed by atoms with Crippen LogP contribution in [0.1, 0.15) is 25.3 Å². The highest BCUT2D eigenvalue weighted by Crippen LogP contribution is 2.29. The van der Waals surface area contributed by atoms with E-state index in [0.29, 0.717) is 38.2 Å². The van der Waals surface area contributed by atoms with Gasteiger partial charge in [-0.05, 0) is 44.0 Å². The van der Waals surface area contributed by atoms with Gasteiger partial charge in [-0.25, -0.2) is 4.79 Å². The van der Waals surface area contributed by atoms with E-state index in [4.69, 9.17) is 4.74 Å². The number of anilines is 1. The number of hydrogen-bond donors (Lipinski definition) is 2. The van der Waals surface area contributed by atoms with Crippen LogP contribution < -0.4 is 10.6 Å². The summed E-state index contributed by atoms with van der Waals surface area (Å²) in [5.41, 5.74) is -0.455. The average Bonchev–Trinajstić information content (AvgIpc) is 2.60. The smallest absolute Gasteiger partial charge is 0.416 e. The molecule has 0 spiro atoms. The van der Waals surface area contributed by atoms with Crippen LogP contribution in [0.4, 0.5) is 23.7 Å². The van der Waals surface area contributed by atoms with Gasteiger partial charge in [0.1, 0.15) is 0 Å². The van der Waals surface area contributed by atoms with Crippen LogP contribution in [0.5, 0.6) is 0 Å². The van der Waals surface area contributed by atoms with Gasteiger partial charge in [-0.1, -0.05) is 0 Å². The summed E-state index contributed by atoms with van der Waals surface area (Å²) in [6, 6.07) is 4.39. The first kappa shape index (κ1) is 20.0. The van der Waals surface area contributed by atoms with E-state index >= 15 is 0 Å². The lowest BCUT2D eigenvalue weighted by Gasteiger charge is -2.31. The van der Waals surface area contributed by atoms with Crippen molar-refractivity contribution in [2.75, 3.05) is 31.6 Å². The third-order valence-electron chi connectivity index (χ3n) is 4.07. The molecular weight excluding hydrogens is 351 g/mol. The van der Waals surface area contributed by atoms with E-state index in [-0.39, 0.29) is 24.6 Å². The number of carbonyl (C=O) groups excluding carboxylic acids is 2. The number of alkyl halides is 3. The Morgan fingerprint density at radius 1 is 1.19 bits per heavy atom. The van der Waals surface area contributed by atoms with Crippen molar-refractivity contribution in [3.05, 3.63) is 29.8 Å². The van der Waals surface area contributed by atoms with Gasteiger partial charge >= 0.3 is 12.3 Å². The molecule has 0 unspecified atom stereocenters. The number of halogens is 3. The molecule has 2 amide bonds. The van der Waals surface area contributed by atoms with Gasteiger partial charge in [0.15, 0.2) is 0 Å². The molecule has 0 aliphatic carbocycles. The van der Waals surface area contributed by atoms with Crippen LogP contribution in [-0.4, -0.2) is 49.2 Å². The Labute approximate surface area is 149 Å². The van der Waals surface area contributed by atoms with Crippen molar-refractivity contribution >= 4 is 17.7 Å². The number of amides is 2. The Kier molecular flexibility index (Phi) is 6.84. The van der Waals surface area contributed by atoms with E-state index in [1.54, 1.807) is 11.8 Å². The van der Waals surface area contributed by atoms with Crippen molar-refractivity contribution in [2.24, 2.45) is 0 Å². The Morgan fingerprint density at radius 3 is 2.35 bits per heavy atom. The molecule has 2 rings (SSSR count). The predicted octanol–water partition coefficient (Wildman–Crippen LogP) is 2.85. The SMILES string of the molecule is CCOC(=O)N1CCC(NCC(=O)Nc2ccc(C(F)(F)F)cc2)CC1. The number of hydrogen-bond acceptors (Lipinski definition) is 4. The third kappa shape index (κ3) is 5.91. The zero-order valence-corrected chi connectivity index (χ0v) is 14.4. The van der Waals surface area contributed by atoms with E-state index in [0.717, 1.165) is 12.1 Å². The fourth-order valence-corrected chi connectivity index (χ4v) is 2.67. The zero-order chi connectivity index (χ0) is 19.2. The van der Waals surface area contributed by atoms with Gasteiger partial charge in [-0.2, -0.15) is 13.2 Å². The van der Waals surface area contributed by atoms with E-state index in [2.05, 4.69) is 10.6 Å². The number of likely N-dealkylation sites (tertiary alicyclic amines) is 1. The van der Waals surface area contributed by atoms with Crippen LogP contribution in [0.25, 0.3) is 0 Å². The van der Waals surface area contributed by atoms with Crippen molar-refractivity contribution in [1.82, 2.24) is 10.2 Å². The van der Waals surface area contributed by atoms with Gasteiger partial charge in [0.05, 0.1) is 18.7 Å². The molecule has 1 aliphatic rings. The van der Waals surface area contributed by atoms with Crippen LogP contribution in [0, 0.1) is 0 Å². The highest BCUT2D eigenvalue weighted by molar-refractivity contribution is 5.92. The fourth-order valence-electron chi connectivity index (χ4n) is 2.67. The second-order valence-corrected chi connectivity index (χ2v) is 5.96. The lowest BCUT2D eigenvalue weighted by atomic mass is 10.1. The Balaban J connectivity index is 1.72. The van der Waals surface area contributed by atoms with Crippen LogP contribution in [0.3, 0.4) is 0 Å². The molecule has 1 aromatic rings. The number of rotatable bonds is 5. The van der Waals surface area contributed by atoms with Crippen molar-refractivity contribution < 1.29 is 27.5 Å². The summed E-state index contributed by atoms with van der Waals surface area (Å²) in [7, 11) is 0. The molecule has 0 saturated carbocycles. The molecule has 0 aromatic heterocycles. The Hall–Kier alpha value is -2.29. The monoisotopic (exact) mass is 373 g/mol. The van der Waals surface area contributed by atoms with Crippen molar-refractivity contribution in [3.8, 4) is 0 Å². The molecule has 1 saturated heterocycles. The van der Waals surface area contributed by atoms with Crippen molar-refractivity contribution in [1.29, 1.82) is 0 Å². The van der Waals surface area contributed by atoms with Crippen molar-refractivity contribution in [2.45, 2.75) is 32.0 Å². The van der Waals surface area contributed by atoms with Crippen molar-refractivity contribution in [3.63, 3.8) is 0 Å². The summed E-state index contributed by atoms with van der Waals surface area (Å²) in [6.07, 6.45) is -3.33. The third-order valence-corrected chi connectivity index (χ3v) is 4.07. The van der Waals surface area contributed by atoms with E-state index in [1.807, 2.05) is 0 Å². The second-order valence-electron chi connectivity index (χ2n) is 5.96. The normalized spacial score (nSPS) is 15.6. The minimum atomic E-state index is -4.40. The first-order valence-corrected chi connectivity index (χ1v) is 8.41. The summed E-state index contributed by atoms with van der Waals surface area (Å²) < 4.78 is 42.4. The molecule has 2 N–H and O–H groups in total. The van der Waals surface area contributed by atoms with Crippen LogP contribution >= 0.6 is 0 Å². The highest BCUT2D eigenvalue weighted by Gasteiger charge is 2.30. The molecule has 26 heavy (non-hydrogen) atoms. The second kappa shape index (κ2) is 8.88. The quantitative estimate of drug-likeness (QED) is 0.833. The standard InChI is InChI=1S/C17H22F3N3O3/c1-2-26-16(25)23-9-7-13(8-10-23)21-11-15(24)22-14-5-3-12(4-6-14)17(18,19)20/h3-6,13,21H,2,7-11H2,1H3,(H,22,24). The van der Waals surface area contributed by atoms with Gasteiger partial charge < -0.3 is 20.3 Å². The summed E-state index contributed by atoms with van der Waals surface area (Å²) in [5.74, 6) is -0.336. The summed E-state index contributed by atoms with van der Waals surface area (Å²) in [5, 5.41) is 5.65. The maximum Gasteiger partial charge on any atom is 0.416 e. The van der Waals surface area contributed by atoms with E-state index < -0.39 is 11.7 Å². The molecule has 0 bridgehead atoms. The van der Waals surface area contributed by atoms with Gasteiger partial charge in [-0.15, -0.1) is 0 Å². The number of ether oxygens (including phenoxy) is 1. The van der Waals surface area contributed by atoms with Gasteiger partial charge in [-0.3, -0.25) is 4.79 Å². The number of nitrogens with one attached hydrogen (secondary N) is 2. The topological polar surface area (TPSA) is 70.7 Å². The molecule has 144 valence electrons. The summed E-state index contributed by atoms with van der Waals surface area (Å²) in [4.78, 5) is 25.2. The summed E-state index contributed by atoms with van der Waals surface area (Å²) in [6.45, 7) is 3.24. The predicted molar refractivity (Wildman–Crippen MR) is 89.7 cm³/mol. The minimum absolute atomic E-state index is 0.0467. The molecule has 0 radical (unpaired) electrons. The first-order chi connectivity index (χ1) is 12.3. The average molecular weight is 373 g/mol. The number of piperidine rings is 1. The van der Waals surface area contributed by atoms with Crippen LogP contribution in [0.15, 0.2) is 24.3 Å². The molecule has 6 nitrogen and oxygen atoms in total. The highest BCUT2D eigenvalue weighted by atomic mass is 19.4. The Morgan fingerprint density at radius 2 is 1.81 bits per heavy atom. The molecule has 1 aromatic carbocycles. The first-order valence-electron chi connectivity index (χ1n) is 8.41. The molecule has 1 fully saturated rings. The lowest BCUT2D eigenvalue weighted by molar-refractivity contribution is -0.137. The Bertz CT molecular complexity index is 612. The van der Waals surface area contributed by atoms with Crippen LogP contribution in [-0.2, 0) is 15.7 Å². The zero-order valence-electron chi connectivity index (χ0n) is 14.4. The minimum Gasteiger partial charge on any atom is -0.450 e. The van der Waals surface area contributed by atoms with Gasteiger partial charge in [0.25, 0.3) is 0 Å². The van der Waals surface area contributed by atoms with Crippen LogP contribution in [0.2, 0.25) is 0 Å². The van der Waals surface area contributed by atoms with E-state index in [9.17, 15) is 22.8 Å². The molecule has 0 atom stereocenters. The largest absolute Gasteiger partial charge is 0.450 e. The number of nitrogens with zero attached hydrogens (tertiary/aromatic N) is 1. The lowest BCUT2D eigenvalue weighted by Crippen LogP contribution is -2.46. The van der Waals surface area contributed by atoms with Gasteiger partial charge in [0, 0.05) is 24.8 Å². The van der Waals surface area contributed by atoms with E-state index in [1.165, 1.54) is 12.1 Å². The number of carbonyl (C=O) groups is 2. The summed E-state index contributed by atoms with van der Waals surface area (Å²) >= 11 is 0. The van der Waals surface area contributed by atoms with Gasteiger partial charge in [0.2, 0.25) is 5.91 Å². The molecule has 1 aliphatic heterocycles. The maximum absolute atomic E-state index is 12.5. The fraction of sp³-hybridized carbons (Fsp3) is 0.529. The maximum atomic E-state index is 12.5. The molecule has 9 heteroatoms.